The molecule has 0 aromatic heterocycles. The van der Waals surface area contributed by atoms with Crippen LogP contribution in [-0.2, 0) is 26.2 Å². The Labute approximate surface area is 259 Å². The zero-order chi connectivity index (χ0) is 26.0. The van der Waals surface area contributed by atoms with E-state index in [0.29, 0.717) is 11.5 Å². The molecule has 0 radical (unpaired) electrons. The summed E-state index contributed by atoms with van der Waals surface area (Å²) in [6.07, 6.45) is 2.41. The number of rotatable bonds is 0. The topological polar surface area (TPSA) is 40.5 Å². The number of phenolic OH excluding ortho intramolecular Hbond substituents is 2. The number of hydrogen-bond acceptors (Lipinski definition) is 2. The molecule has 0 heterocycles. The van der Waals surface area contributed by atoms with Gasteiger partial charge in [-0.3, -0.25) is 0 Å². The summed E-state index contributed by atoms with van der Waals surface area (Å²) in [7, 11) is 0. The SMILES string of the molecule is CC1=C(C)C(C)=C(C)C1.CC1=C(C)C(C)=C(C)C1.Oc1ccccc1I.Oc1ccccc1I.[Zr]. The van der Waals surface area contributed by atoms with Crippen molar-refractivity contribution in [1.29, 1.82) is 0 Å². The molecule has 2 nitrogen and oxygen atoms in total. The Bertz CT molecular complexity index is 949. The third kappa shape index (κ3) is 11.5. The van der Waals surface area contributed by atoms with Crippen LogP contribution in [0.5, 0.6) is 11.5 Å². The van der Waals surface area contributed by atoms with Crippen molar-refractivity contribution < 1.29 is 36.4 Å². The molecule has 2 aromatic rings. The Kier molecular flexibility index (Phi) is 16.6. The van der Waals surface area contributed by atoms with Crippen LogP contribution in [0.1, 0.15) is 68.2 Å². The van der Waals surface area contributed by atoms with Gasteiger partial charge in [-0.15, -0.1) is 0 Å². The maximum atomic E-state index is 8.91. The molecule has 0 aliphatic heterocycles. The van der Waals surface area contributed by atoms with E-state index in [4.69, 9.17) is 10.2 Å². The van der Waals surface area contributed by atoms with Crippen LogP contribution in [0.3, 0.4) is 0 Å². The van der Waals surface area contributed by atoms with Crippen LogP contribution < -0.4 is 0 Å². The van der Waals surface area contributed by atoms with Gasteiger partial charge in [0, 0.05) is 26.2 Å². The van der Waals surface area contributed by atoms with Crippen molar-refractivity contribution in [2.75, 3.05) is 0 Å². The van der Waals surface area contributed by atoms with Gasteiger partial charge in [0.1, 0.15) is 11.5 Å². The Morgan fingerprint density at radius 2 is 0.714 bits per heavy atom. The summed E-state index contributed by atoms with van der Waals surface area (Å²) >= 11 is 4.15. The zero-order valence-electron chi connectivity index (χ0n) is 22.2. The summed E-state index contributed by atoms with van der Waals surface area (Å²) in [4.78, 5) is 0. The van der Waals surface area contributed by atoms with Crippen molar-refractivity contribution in [2.45, 2.75) is 68.2 Å². The molecule has 2 aromatic carbocycles. The summed E-state index contributed by atoms with van der Waals surface area (Å²) in [5.41, 5.74) is 12.2. The van der Waals surface area contributed by atoms with Gasteiger partial charge < -0.3 is 10.2 Å². The quantitative estimate of drug-likeness (QED) is 0.262. The van der Waals surface area contributed by atoms with Crippen LogP contribution in [0.15, 0.2) is 93.1 Å². The number of hydrogen-bond donors (Lipinski definition) is 2. The molecule has 5 heteroatoms. The average Bonchev–Trinajstić information content (AvgIpc) is 3.16. The largest absolute Gasteiger partial charge is 0.507 e. The molecule has 2 aliphatic carbocycles. The predicted molar refractivity (Wildman–Crippen MR) is 164 cm³/mol. The minimum atomic E-state index is 0. The van der Waals surface area contributed by atoms with Gasteiger partial charge in [0.05, 0.1) is 7.14 Å². The van der Waals surface area contributed by atoms with Gasteiger partial charge in [0.2, 0.25) is 0 Å². The molecule has 0 spiro atoms. The third-order valence-corrected chi connectivity index (χ3v) is 8.28. The smallest absolute Gasteiger partial charge is 0.128 e. The number of halogens is 2. The summed E-state index contributed by atoms with van der Waals surface area (Å²) in [5.74, 6) is 0.709. The molecule has 35 heavy (non-hydrogen) atoms. The molecular weight excluding hydrogens is 737 g/mol. The van der Waals surface area contributed by atoms with Crippen molar-refractivity contribution in [1.82, 2.24) is 0 Å². The van der Waals surface area contributed by atoms with E-state index in [1.54, 1.807) is 46.6 Å². The van der Waals surface area contributed by atoms with Crippen molar-refractivity contribution in [3.63, 3.8) is 0 Å². The number of allylic oxidation sites excluding steroid dienone is 8. The van der Waals surface area contributed by atoms with Crippen LogP contribution in [0.2, 0.25) is 0 Å². The van der Waals surface area contributed by atoms with E-state index in [-0.39, 0.29) is 26.2 Å². The fourth-order valence-corrected chi connectivity index (χ4v) is 4.28. The van der Waals surface area contributed by atoms with Crippen LogP contribution in [0.4, 0.5) is 0 Å². The Balaban J connectivity index is 0.000000437. The van der Waals surface area contributed by atoms with E-state index >= 15 is 0 Å². The fraction of sp³-hybridized carbons (Fsp3) is 0.333. The summed E-state index contributed by atoms with van der Waals surface area (Å²) in [5, 5.41) is 17.8. The maximum Gasteiger partial charge on any atom is 0.128 e. The van der Waals surface area contributed by atoms with Gasteiger partial charge in [-0.05, 0) is 160 Å². The maximum absolute atomic E-state index is 8.91. The van der Waals surface area contributed by atoms with Crippen LogP contribution in [0, 0.1) is 7.14 Å². The van der Waals surface area contributed by atoms with Crippen LogP contribution >= 0.6 is 45.2 Å². The molecular formula is C30H38I2O2Zr. The van der Waals surface area contributed by atoms with Crippen molar-refractivity contribution in [3.05, 3.63) is 100 Å². The second-order valence-electron chi connectivity index (χ2n) is 8.88. The first kappa shape index (κ1) is 34.3. The first-order valence-corrected chi connectivity index (χ1v) is 13.6. The second-order valence-corrected chi connectivity index (χ2v) is 11.2. The minimum absolute atomic E-state index is 0. The van der Waals surface area contributed by atoms with Gasteiger partial charge in [-0.25, -0.2) is 0 Å². The number of para-hydroxylation sites is 2. The Morgan fingerprint density at radius 1 is 0.486 bits per heavy atom. The first-order valence-electron chi connectivity index (χ1n) is 11.4. The van der Waals surface area contributed by atoms with Crippen LogP contribution in [-0.4, -0.2) is 10.2 Å². The predicted octanol–water partition coefficient (Wildman–Crippen LogP) is 10.1. The van der Waals surface area contributed by atoms with E-state index in [0.717, 1.165) is 7.14 Å². The van der Waals surface area contributed by atoms with E-state index < -0.39 is 0 Å². The molecule has 2 N–H and O–H groups in total. The van der Waals surface area contributed by atoms with Crippen molar-refractivity contribution in [3.8, 4) is 11.5 Å². The molecule has 0 saturated carbocycles. The summed E-state index contributed by atoms with van der Waals surface area (Å²) in [6, 6.07) is 14.4. The number of benzene rings is 2. The second kappa shape index (κ2) is 17.0. The average molecular weight is 776 g/mol. The third-order valence-electron chi connectivity index (χ3n) is 6.45. The van der Waals surface area contributed by atoms with Gasteiger partial charge in [-0.1, -0.05) is 46.6 Å². The summed E-state index contributed by atoms with van der Waals surface area (Å²) < 4.78 is 1.79. The minimum Gasteiger partial charge on any atom is -0.507 e. The Hall–Kier alpha value is -0.657. The molecule has 2 aliphatic rings. The fourth-order valence-electron chi connectivity index (χ4n) is 3.51. The molecule has 0 fully saturated rings. The molecule has 188 valence electrons. The molecule has 0 amide bonds. The Morgan fingerprint density at radius 3 is 0.829 bits per heavy atom. The molecule has 0 saturated heterocycles. The summed E-state index contributed by atoms with van der Waals surface area (Å²) in [6.45, 7) is 17.7. The molecule has 0 bridgehead atoms. The van der Waals surface area contributed by atoms with Gasteiger partial charge in [0.15, 0.2) is 0 Å². The van der Waals surface area contributed by atoms with Crippen LogP contribution in [0.25, 0.3) is 0 Å². The normalized spacial score (nSPS) is 14.5. The van der Waals surface area contributed by atoms with E-state index in [9.17, 15) is 0 Å². The molecule has 0 unspecified atom stereocenters. The number of phenols is 2. The van der Waals surface area contributed by atoms with Gasteiger partial charge in [-0.2, -0.15) is 0 Å². The van der Waals surface area contributed by atoms with Gasteiger partial charge >= 0.3 is 0 Å². The zero-order valence-corrected chi connectivity index (χ0v) is 29.0. The van der Waals surface area contributed by atoms with E-state index in [1.165, 1.54) is 35.1 Å². The van der Waals surface area contributed by atoms with Gasteiger partial charge in [0.25, 0.3) is 0 Å². The van der Waals surface area contributed by atoms with Crippen molar-refractivity contribution >= 4 is 45.2 Å². The number of aromatic hydroxyl groups is 2. The van der Waals surface area contributed by atoms with Crippen molar-refractivity contribution in [2.24, 2.45) is 0 Å². The van der Waals surface area contributed by atoms with E-state index in [2.05, 4.69) is 101 Å². The standard InChI is InChI=1S/2C9H14.2C6H5IO.Zr/c2*1-6-5-7(2)9(4)8(6)3;2*7-5-3-1-2-4-6(5)8;/h2*5H2,1-4H3;2*1-4,8H;. The monoisotopic (exact) mass is 774 g/mol. The van der Waals surface area contributed by atoms with E-state index in [1.807, 2.05) is 24.3 Å². The molecule has 0 atom stereocenters. The molecule has 4 rings (SSSR count). The first-order chi connectivity index (χ1) is 15.9.